The standard InChI is InChI=1S/C22H27N5O3S/c28-18(25-27-20(29)22(24-21(27)30)10-4-1-5-11-22)14-26-12-6-7-15(13-26)19-23-16-8-2-3-9-17(16)31-19/h2-3,8-9,15H,1,4-7,10-14H2,(H,24,30)(H,25,28)/t15-/m0/s1. The van der Waals surface area contributed by atoms with Crippen molar-refractivity contribution in [3.63, 3.8) is 0 Å². The summed E-state index contributed by atoms with van der Waals surface area (Å²) in [6.45, 7) is 1.72. The van der Waals surface area contributed by atoms with Crippen molar-refractivity contribution in [2.75, 3.05) is 19.6 Å². The van der Waals surface area contributed by atoms with Crippen LogP contribution < -0.4 is 10.7 Å². The number of aromatic nitrogens is 1. The first-order valence-electron chi connectivity index (χ1n) is 11.1. The van der Waals surface area contributed by atoms with Gasteiger partial charge in [0.1, 0.15) is 5.54 Å². The fourth-order valence-electron chi connectivity index (χ4n) is 5.04. The van der Waals surface area contributed by atoms with Crippen LogP contribution >= 0.6 is 11.3 Å². The predicted octanol–water partition coefficient (Wildman–Crippen LogP) is 2.76. The fraction of sp³-hybridized carbons (Fsp3) is 0.545. The number of hydrogen-bond donors (Lipinski definition) is 2. The van der Waals surface area contributed by atoms with Gasteiger partial charge >= 0.3 is 6.03 Å². The van der Waals surface area contributed by atoms with Crippen molar-refractivity contribution in [3.05, 3.63) is 29.3 Å². The Bertz CT molecular complexity index is 982. The number of imide groups is 1. The summed E-state index contributed by atoms with van der Waals surface area (Å²) in [5, 5.41) is 4.82. The van der Waals surface area contributed by atoms with Crippen molar-refractivity contribution in [2.45, 2.75) is 56.4 Å². The van der Waals surface area contributed by atoms with Crippen LogP contribution in [0.25, 0.3) is 10.2 Å². The molecule has 2 aromatic rings. The van der Waals surface area contributed by atoms with Crippen LogP contribution in [0.1, 0.15) is 55.9 Å². The number of nitrogens with one attached hydrogen (secondary N) is 2. The van der Waals surface area contributed by atoms with Gasteiger partial charge in [-0.1, -0.05) is 31.4 Å². The molecule has 9 heteroatoms. The first-order valence-corrected chi connectivity index (χ1v) is 11.9. The summed E-state index contributed by atoms with van der Waals surface area (Å²) < 4.78 is 1.18. The Morgan fingerprint density at radius 1 is 1.19 bits per heavy atom. The van der Waals surface area contributed by atoms with Crippen LogP contribution in [0, 0.1) is 0 Å². The van der Waals surface area contributed by atoms with Crippen LogP contribution in [0.4, 0.5) is 4.79 Å². The maximum atomic E-state index is 12.9. The van der Waals surface area contributed by atoms with Gasteiger partial charge in [-0.3, -0.25) is 19.9 Å². The lowest BCUT2D eigenvalue weighted by molar-refractivity contribution is -0.140. The average Bonchev–Trinajstić information content (AvgIpc) is 3.30. The fourth-order valence-corrected chi connectivity index (χ4v) is 6.14. The third kappa shape index (κ3) is 3.92. The molecule has 0 unspecified atom stereocenters. The summed E-state index contributed by atoms with van der Waals surface area (Å²) in [6.07, 6.45) is 6.21. The number of amides is 4. The highest BCUT2D eigenvalue weighted by molar-refractivity contribution is 7.18. The Kier molecular flexibility index (Phi) is 5.39. The Balaban J connectivity index is 1.20. The number of rotatable bonds is 4. The number of likely N-dealkylation sites (tertiary alicyclic amines) is 1. The lowest BCUT2D eigenvalue weighted by Crippen LogP contribution is -2.53. The van der Waals surface area contributed by atoms with E-state index in [-0.39, 0.29) is 18.4 Å². The van der Waals surface area contributed by atoms with Crippen LogP contribution in [0.3, 0.4) is 0 Å². The van der Waals surface area contributed by atoms with E-state index < -0.39 is 11.6 Å². The Morgan fingerprint density at radius 3 is 2.81 bits per heavy atom. The van der Waals surface area contributed by atoms with E-state index in [1.807, 2.05) is 18.2 Å². The smallest absolute Gasteiger partial charge is 0.322 e. The number of hydrazine groups is 1. The molecule has 1 aromatic heterocycles. The summed E-state index contributed by atoms with van der Waals surface area (Å²) in [5.74, 6) is -0.362. The first kappa shape index (κ1) is 20.4. The molecular weight excluding hydrogens is 414 g/mol. The van der Waals surface area contributed by atoms with Gasteiger partial charge in [-0.05, 0) is 44.4 Å². The topological polar surface area (TPSA) is 94.6 Å². The molecule has 31 heavy (non-hydrogen) atoms. The van der Waals surface area contributed by atoms with Crippen molar-refractivity contribution in [1.82, 2.24) is 25.6 Å². The Labute approximate surface area is 185 Å². The number of benzene rings is 1. The van der Waals surface area contributed by atoms with Gasteiger partial charge in [0.25, 0.3) is 11.8 Å². The van der Waals surface area contributed by atoms with Crippen molar-refractivity contribution >= 4 is 39.4 Å². The summed E-state index contributed by atoms with van der Waals surface area (Å²) >= 11 is 1.72. The highest BCUT2D eigenvalue weighted by Gasteiger charge is 2.52. The van der Waals surface area contributed by atoms with Crippen LogP contribution in [-0.4, -0.2) is 57.9 Å². The van der Waals surface area contributed by atoms with Gasteiger partial charge in [0, 0.05) is 12.5 Å². The molecule has 4 amide bonds. The van der Waals surface area contributed by atoms with Crippen molar-refractivity contribution in [1.29, 1.82) is 0 Å². The van der Waals surface area contributed by atoms with Gasteiger partial charge < -0.3 is 5.32 Å². The van der Waals surface area contributed by atoms with Crippen LogP contribution in [0.5, 0.6) is 0 Å². The number of carbonyl (C=O) groups is 3. The molecule has 2 aliphatic heterocycles. The molecule has 0 radical (unpaired) electrons. The van der Waals surface area contributed by atoms with Gasteiger partial charge in [0.15, 0.2) is 0 Å². The molecule has 0 bridgehead atoms. The van der Waals surface area contributed by atoms with E-state index in [2.05, 4.69) is 21.7 Å². The van der Waals surface area contributed by atoms with Gasteiger partial charge in [-0.25, -0.2) is 9.78 Å². The van der Waals surface area contributed by atoms with E-state index >= 15 is 0 Å². The summed E-state index contributed by atoms with van der Waals surface area (Å²) in [4.78, 5) is 44.8. The van der Waals surface area contributed by atoms with Crippen molar-refractivity contribution in [2.24, 2.45) is 0 Å². The largest absolute Gasteiger partial charge is 0.344 e. The quantitative estimate of drug-likeness (QED) is 0.712. The second-order valence-corrected chi connectivity index (χ2v) is 9.90. The molecule has 1 aliphatic carbocycles. The first-order chi connectivity index (χ1) is 15.0. The second kappa shape index (κ2) is 8.20. The molecule has 8 nitrogen and oxygen atoms in total. The van der Waals surface area contributed by atoms with E-state index in [0.29, 0.717) is 18.8 Å². The third-order valence-corrected chi connectivity index (χ3v) is 7.84. The molecule has 2 saturated heterocycles. The molecule has 3 fully saturated rings. The highest BCUT2D eigenvalue weighted by Crippen LogP contribution is 2.34. The molecular formula is C22H27N5O3S. The molecule has 1 atom stereocenters. The third-order valence-electron chi connectivity index (χ3n) is 6.64. The van der Waals surface area contributed by atoms with E-state index in [9.17, 15) is 14.4 Å². The van der Waals surface area contributed by atoms with E-state index in [0.717, 1.165) is 60.7 Å². The number of hydrogen-bond acceptors (Lipinski definition) is 6. The number of para-hydroxylation sites is 1. The lowest BCUT2D eigenvalue weighted by Gasteiger charge is -2.32. The second-order valence-electron chi connectivity index (χ2n) is 8.84. The number of piperidine rings is 1. The number of fused-ring (bicyclic) bond motifs is 1. The zero-order valence-corrected chi connectivity index (χ0v) is 18.2. The highest BCUT2D eigenvalue weighted by atomic mass is 32.1. The SMILES string of the molecule is O=C(CN1CCC[C@H](c2nc3ccccc3s2)C1)NN1C(=O)NC2(CCCCC2)C1=O. The van der Waals surface area contributed by atoms with Crippen LogP contribution in [0.2, 0.25) is 0 Å². The van der Waals surface area contributed by atoms with Gasteiger partial charge in [-0.2, -0.15) is 5.01 Å². The van der Waals surface area contributed by atoms with E-state index in [4.69, 9.17) is 4.98 Å². The zero-order valence-electron chi connectivity index (χ0n) is 17.4. The Morgan fingerprint density at radius 2 is 2.00 bits per heavy atom. The van der Waals surface area contributed by atoms with Gasteiger partial charge in [-0.15, -0.1) is 11.3 Å². The summed E-state index contributed by atoms with van der Waals surface area (Å²) in [5.41, 5.74) is 2.74. The van der Waals surface area contributed by atoms with Crippen LogP contribution in [-0.2, 0) is 9.59 Å². The Hall–Kier alpha value is -2.52. The lowest BCUT2D eigenvalue weighted by atomic mass is 9.82. The minimum atomic E-state index is -0.828. The molecule has 5 rings (SSSR count). The number of nitrogens with zero attached hydrogens (tertiary/aromatic N) is 3. The van der Waals surface area contributed by atoms with Gasteiger partial charge in [0.2, 0.25) is 0 Å². The molecule has 3 aliphatic rings. The van der Waals surface area contributed by atoms with Crippen molar-refractivity contribution in [3.8, 4) is 0 Å². The number of carbonyl (C=O) groups excluding carboxylic acids is 3. The normalized spacial score (nSPS) is 24.0. The molecule has 3 heterocycles. The van der Waals surface area contributed by atoms with Gasteiger partial charge in [0.05, 0.1) is 21.8 Å². The van der Waals surface area contributed by atoms with Crippen molar-refractivity contribution < 1.29 is 14.4 Å². The maximum Gasteiger partial charge on any atom is 0.344 e. The maximum absolute atomic E-state index is 12.9. The monoisotopic (exact) mass is 441 g/mol. The molecule has 1 saturated carbocycles. The summed E-state index contributed by atoms with van der Waals surface area (Å²) in [6, 6.07) is 7.61. The summed E-state index contributed by atoms with van der Waals surface area (Å²) in [7, 11) is 0. The van der Waals surface area contributed by atoms with Crippen LogP contribution in [0.15, 0.2) is 24.3 Å². The minimum absolute atomic E-state index is 0.158. The molecule has 164 valence electrons. The zero-order chi connectivity index (χ0) is 21.4. The molecule has 1 aromatic carbocycles. The van der Waals surface area contributed by atoms with E-state index in [1.54, 1.807) is 11.3 Å². The number of urea groups is 1. The molecule has 2 N–H and O–H groups in total. The average molecular weight is 442 g/mol. The molecule has 1 spiro atoms. The van der Waals surface area contributed by atoms with E-state index in [1.165, 1.54) is 4.70 Å². The minimum Gasteiger partial charge on any atom is -0.322 e. The number of thiazole rings is 1. The predicted molar refractivity (Wildman–Crippen MR) is 117 cm³/mol.